The van der Waals surface area contributed by atoms with Gasteiger partial charge in [0.2, 0.25) is 0 Å². The van der Waals surface area contributed by atoms with Gasteiger partial charge in [-0.1, -0.05) is 12.1 Å². The molecule has 3 heterocycles. The number of benzene rings is 1. The summed E-state index contributed by atoms with van der Waals surface area (Å²) in [7, 11) is 2.17. The second kappa shape index (κ2) is 7.43. The molecule has 1 aliphatic rings. The summed E-state index contributed by atoms with van der Waals surface area (Å²) in [6, 6.07) is 12.5. The quantitative estimate of drug-likeness (QED) is 0.757. The fourth-order valence-electron chi connectivity index (χ4n) is 3.10. The molecule has 1 N–H and O–H groups in total. The van der Waals surface area contributed by atoms with Crippen LogP contribution >= 0.6 is 11.3 Å². The van der Waals surface area contributed by atoms with Gasteiger partial charge in [-0.25, -0.2) is 9.97 Å². The smallest absolute Gasteiger partial charge is 0.187 e. The lowest BCUT2D eigenvalue weighted by atomic mass is 10.2. The van der Waals surface area contributed by atoms with Crippen LogP contribution in [-0.2, 0) is 0 Å². The summed E-state index contributed by atoms with van der Waals surface area (Å²) in [5, 5.41) is 6.40. The molecule has 0 atom stereocenters. The average molecular weight is 366 g/mol. The highest BCUT2D eigenvalue weighted by molar-refractivity contribution is 7.14. The van der Waals surface area contributed by atoms with Gasteiger partial charge in [0.1, 0.15) is 5.82 Å². The minimum atomic E-state index is 0.906. The Bertz CT molecular complexity index is 883. The van der Waals surface area contributed by atoms with E-state index in [9.17, 15) is 0 Å². The fraction of sp³-hybridized carbons (Fsp3) is 0.300. The van der Waals surface area contributed by atoms with Crippen molar-refractivity contribution in [3.8, 4) is 11.3 Å². The number of aryl methyl sites for hydroxylation is 1. The molecule has 2 aromatic heterocycles. The van der Waals surface area contributed by atoms with Crippen molar-refractivity contribution < 1.29 is 0 Å². The van der Waals surface area contributed by atoms with Crippen LogP contribution < -0.4 is 10.2 Å². The highest BCUT2D eigenvalue weighted by Crippen LogP contribution is 2.29. The fourth-order valence-corrected chi connectivity index (χ4v) is 3.84. The van der Waals surface area contributed by atoms with Crippen LogP contribution in [0.3, 0.4) is 0 Å². The minimum Gasteiger partial charge on any atom is -0.354 e. The number of hydrogen-bond donors (Lipinski definition) is 1. The van der Waals surface area contributed by atoms with Crippen molar-refractivity contribution >= 4 is 28.0 Å². The van der Waals surface area contributed by atoms with Gasteiger partial charge in [0.05, 0.1) is 5.69 Å². The molecule has 4 rings (SSSR count). The number of aromatic nitrogens is 2. The normalized spacial score (nSPS) is 15.2. The second-order valence-corrected chi connectivity index (χ2v) is 7.58. The first-order chi connectivity index (χ1) is 12.7. The highest BCUT2D eigenvalue weighted by atomic mass is 32.1. The van der Waals surface area contributed by atoms with Crippen LogP contribution in [-0.4, -0.2) is 48.1 Å². The zero-order chi connectivity index (χ0) is 17.9. The third-order valence-electron chi connectivity index (χ3n) is 4.64. The van der Waals surface area contributed by atoms with E-state index in [-0.39, 0.29) is 0 Å². The SMILES string of the molecule is Cc1cccc(Nc2nc(-c3ccnc(N4CCN(C)CC4)c3)cs2)c1. The standard InChI is InChI=1S/C20H23N5S/c1-15-4-3-5-17(12-15)22-20-23-18(14-26-20)16-6-7-21-19(13-16)25-10-8-24(2)9-11-25/h3-7,12-14H,8-11H2,1-2H3,(H,22,23). The number of likely N-dealkylation sites (N-methyl/N-ethyl adjacent to an activating group) is 1. The van der Waals surface area contributed by atoms with Gasteiger partial charge in [-0.3, -0.25) is 0 Å². The molecule has 1 aliphatic heterocycles. The molecule has 0 radical (unpaired) electrons. The molecular formula is C20H23N5S. The van der Waals surface area contributed by atoms with Crippen LogP contribution in [0.4, 0.5) is 16.6 Å². The van der Waals surface area contributed by atoms with Crippen molar-refractivity contribution in [1.29, 1.82) is 0 Å². The maximum atomic E-state index is 4.76. The zero-order valence-corrected chi connectivity index (χ0v) is 16.0. The summed E-state index contributed by atoms with van der Waals surface area (Å²) < 4.78 is 0. The van der Waals surface area contributed by atoms with E-state index in [0.29, 0.717) is 0 Å². The molecule has 6 heteroatoms. The molecular weight excluding hydrogens is 342 g/mol. The number of anilines is 3. The minimum absolute atomic E-state index is 0.906. The number of nitrogens with one attached hydrogen (secondary N) is 1. The Labute approximate surface area is 158 Å². The number of nitrogens with zero attached hydrogens (tertiary/aromatic N) is 4. The monoisotopic (exact) mass is 365 g/mol. The molecule has 0 bridgehead atoms. The molecule has 3 aromatic rings. The third-order valence-corrected chi connectivity index (χ3v) is 5.40. The summed E-state index contributed by atoms with van der Waals surface area (Å²) in [5.74, 6) is 1.04. The first-order valence-corrected chi connectivity index (χ1v) is 9.74. The van der Waals surface area contributed by atoms with E-state index >= 15 is 0 Å². The maximum absolute atomic E-state index is 4.76. The number of rotatable bonds is 4. The Hall–Kier alpha value is -2.44. The first kappa shape index (κ1) is 17.0. The molecule has 0 spiro atoms. The number of piperazine rings is 1. The van der Waals surface area contributed by atoms with Gasteiger partial charge >= 0.3 is 0 Å². The molecule has 0 amide bonds. The summed E-state index contributed by atoms with van der Waals surface area (Å²) in [6.45, 7) is 6.28. The predicted octanol–water partition coefficient (Wildman–Crippen LogP) is 4.01. The van der Waals surface area contributed by atoms with Gasteiger partial charge in [-0.15, -0.1) is 11.3 Å². The van der Waals surface area contributed by atoms with Crippen molar-refractivity contribution in [2.24, 2.45) is 0 Å². The van der Waals surface area contributed by atoms with Gasteiger partial charge in [0.25, 0.3) is 0 Å². The van der Waals surface area contributed by atoms with Crippen molar-refractivity contribution in [3.05, 3.63) is 53.5 Å². The number of hydrogen-bond acceptors (Lipinski definition) is 6. The van der Waals surface area contributed by atoms with E-state index in [2.05, 4.69) is 69.8 Å². The molecule has 1 fully saturated rings. The summed E-state index contributed by atoms with van der Waals surface area (Å²) in [6.07, 6.45) is 1.88. The predicted molar refractivity (Wildman–Crippen MR) is 110 cm³/mol. The second-order valence-electron chi connectivity index (χ2n) is 6.73. The van der Waals surface area contributed by atoms with Crippen molar-refractivity contribution in [1.82, 2.24) is 14.9 Å². The Balaban J connectivity index is 1.51. The molecule has 134 valence electrons. The summed E-state index contributed by atoms with van der Waals surface area (Å²) in [4.78, 5) is 14.0. The topological polar surface area (TPSA) is 44.3 Å². The number of thiazole rings is 1. The van der Waals surface area contributed by atoms with E-state index in [0.717, 1.165) is 54.1 Å². The van der Waals surface area contributed by atoms with Gasteiger partial charge < -0.3 is 15.1 Å². The van der Waals surface area contributed by atoms with Crippen LogP contribution in [0, 0.1) is 6.92 Å². The van der Waals surface area contributed by atoms with E-state index in [1.54, 1.807) is 11.3 Å². The van der Waals surface area contributed by atoms with E-state index in [1.165, 1.54) is 5.56 Å². The van der Waals surface area contributed by atoms with Crippen molar-refractivity contribution in [2.75, 3.05) is 43.4 Å². The van der Waals surface area contributed by atoms with Crippen LogP contribution in [0.2, 0.25) is 0 Å². The largest absolute Gasteiger partial charge is 0.354 e. The zero-order valence-electron chi connectivity index (χ0n) is 15.1. The lowest BCUT2D eigenvalue weighted by Crippen LogP contribution is -2.44. The lowest BCUT2D eigenvalue weighted by Gasteiger charge is -2.33. The van der Waals surface area contributed by atoms with Crippen molar-refractivity contribution in [3.63, 3.8) is 0 Å². The maximum Gasteiger partial charge on any atom is 0.187 e. The first-order valence-electron chi connectivity index (χ1n) is 8.86. The average Bonchev–Trinajstić information content (AvgIpc) is 3.11. The van der Waals surface area contributed by atoms with Crippen LogP contribution in [0.5, 0.6) is 0 Å². The van der Waals surface area contributed by atoms with Crippen LogP contribution in [0.15, 0.2) is 48.0 Å². The van der Waals surface area contributed by atoms with Crippen molar-refractivity contribution in [2.45, 2.75) is 6.92 Å². The summed E-state index contributed by atoms with van der Waals surface area (Å²) >= 11 is 1.62. The van der Waals surface area contributed by atoms with E-state index in [4.69, 9.17) is 4.98 Å². The Morgan fingerprint density at radius 2 is 1.92 bits per heavy atom. The Kier molecular flexibility index (Phi) is 4.86. The van der Waals surface area contributed by atoms with Gasteiger partial charge in [-0.2, -0.15) is 0 Å². The summed E-state index contributed by atoms with van der Waals surface area (Å²) in [5.41, 5.74) is 4.40. The molecule has 0 saturated carbocycles. The highest BCUT2D eigenvalue weighted by Gasteiger charge is 2.16. The van der Waals surface area contributed by atoms with Gasteiger partial charge in [-0.05, 0) is 43.8 Å². The van der Waals surface area contributed by atoms with Crippen LogP contribution in [0.1, 0.15) is 5.56 Å². The molecule has 26 heavy (non-hydrogen) atoms. The molecule has 0 aliphatic carbocycles. The lowest BCUT2D eigenvalue weighted by molar-refractivity contribution is 0.312. The molecule has 0 unspecified atom stereocenters. The molecule has 1 saturated heterocycles. The van der Waals surface area contributed by atoms with E-state index in [1.807, 2.05) is 12.3 Å². The Morgan fingerprint density at radius 1 is 1.08 bits per heavy atom. The molecule has 1 aromatic carbocycles. The van der Waals surface area contributed by atoms with Gasteiger partial charge in [0.15, 0.2) is 5.13 Å². The van der Waals surface area contributed by atoms with Gasteiger partial charge in [0, 0.05) is 49.0 Å². The number of pyridine rings is 1. The van der Waals surface area contributed by atoms with E-state index < -0.39 is 0 Å². The molecule has 5 nitrogen and oxygen atoms in total. The van der Waals surface area contributed by atoms with Crippen LogP contribution in [0.25, 0.3) is 11.3 Å². The third kappa shape index (κ3) is 3.86. The Morgan fingerprint density at radius 3 is 2.73 bits per heavy atom.